The molecule has 0 spiro atoms. The van der Waals surface area contributed by atoms with E-state index in [4.69, 9.17) is 20.5 Å². The number of nitrogens with zero attached hydrogens (tertiary/aromatic N) is 4. The van der Waals surface area contributed by atoms with Gasteiger partial charge < -0.3 is 0 Å². The number of hydrogen-bond donors (Lipinski definition) is 0. The van der Waals surface area contributed by atoms with E-state index in [-0.39, 0.29) is 11.6 Å². The lowest BCUT2D eigenvalue weighted by Crippen LogP contribution is -2.04. The molecular weight excluding hydrogens is 841 g/mol. The predicted octanol–water partition coefficient (Wildman–Crippen LogP) is 18.3. The van der Waals surface area contributed by atoms with Gasteiger partial charge in [-0.3, -0.25) is 9.59 Å². The van der Waals surface area contributed by atoms with Crippen LogP contribution in [-0.2, 0) is 9.59 Å². The van der Waals surface area contributed by atoms with Crippen LogP contribution < -0.4 is 0 Å². The number of carbonyl (C=O) groups is 2. The Labute approximate surface area is 402 Å². The third kappa shape index (κ3) is 13.4. The van der Waals surface area contributed by atoms with Crippen molar-refractivity contribution in [3.8, 4) is 22.3 Å². The molecule has 0 N–H and O–H groups in total. The van der Waals surface area contributed by atoms with Gasteiger partial charge in [-0.25, -0.2) is 0 Å². The maximum Gasteiger partial charge on any atom is 0.181 e. The Morgan fingerprint density at radius 3 is 1.18 bits per heavy atom. The molecule has 7 heteroatoms. The summed E-state index contributed by atoms with van der Waals surface area (Å²) in [5.74, 6) is 0.104. The van der Waals surface area contributed by atoms with E-state index >= 15 is 0 Å². The van der Waals surface area contributed by atoms with E-state index in [1.807, 2.05) is 85.0 Å². The molecule has 6 nitrogen and oxygen atoms in total. The van der Waals surface area contributed by atoms with Gasteiger partial charge in [0.25, 0.3) is 0 Å². The van der Waals surface area contributed by atoms with Crippen LogP contribution in [0, 0.1) is 13.8 Å². The van der Waals surface area contributed by atoms with Crippen LogP contribution in [-0.4, -0.2) is 11.6 Å². The third-order valence-corrected chi connectivity index (χ3v) is 14.0. The molecule has 4 aromatic carbocycles. The second-order valence-electron chi connectivity index (χ2n) is 17.6. The van der Waals surface area contributed by atoms with Crippen LogP contribution in [0.15, 0.2) is 188 Å². The molecule has 0 aliphatic heterocycles. The van der Waals surface area contributed by atoms with Gasteiger partial charge in [-0.2, -0.15) is 10.2 Å². The normalized spacial score (nSPS) is 15.5. The number of allylic oxidation sites excluding steroid dienone is 10. The van der Waals surface area contributed by atoms with Gasteiger partial charge in [-0.1, -0.05) is 163 Å². The van der Waals surface area contributed by atoms with E-state index in [0.29, 0.717) is 11.4 Å². The lowest BCUT2D eigenvalue weighted by Gasteiger charge is -2.12. The molecule has 67 heavy (non-hydrogen) atoms. The highest BCUT2D eigenvalue weighted by Crippen LogP contribution is 2.43. The fraction of sp³-hybridized carbons (Fsp3) is 0.300. The number of hydrogen-bond acceptors (Lipinski definition) is 7. The summed E-state index contributed by atoms with van der Waals surface area (Å²) in [6.45, 7) is 8.70. The minimum absolute atomic E-state index is 0.0521. The summed E-state index contributed by atoms with van der Waals surface area (Å²) in [4.78, 5) is 28.6. The van der Waals surface area contributed by atoms with Crippen molar-refractivity contribution in [3.05, 3.63) is 189 Å². The first kappa shape index (κ1) is 48.5. The van der Waals surface area contributed by atoms with E-state index in [9.17, 15) is 9.59 Å². The van der Waals surface area contributed by atoms with Gasteiger partial charge in [0, 0.05) is 22.3 Å². The lowest BCUT2D eigenvalue weighted by atomic mass is 9.93. The van der Waals surface area contributed by atoms with Gasteiger partial charge in [-0.15, -0.1) is 21.6 Å². The summed E-state index contributed by atoms with van der Waals surface area (Å²) in [7, 11) is 0. The zero-order valence-electron chi connectivity index (χ0n) is 39.8. The molecule has 1 heterocycles. The average Bonchev–Trinajstić information content (AvgIpc) is 3.65. The largest absolute Gasteiger partial charge is 0.290 e. The van der Waals surface area contributed by atoms with Crippen LogP contribution in [0.4, 0.5) is 11.4 Å². The third-order valence-electron chi connectivity index (χ3n) is 12.6. The number of thiophene rings is 1. The Morgan fingerprint density at radius 2 is 0.791 bits per heavy atom. The molecule has 0 amide bonds. The van der Waals surface area contributed by atoms with Crippen molar-refractivity contribution in [2.75, 3.05) is 0 Å². The molecule has 2 aliphatic rings. The Kier molecular flexibility index (Phi) is 18.0. The molecular formula is C60H64N4O2S. The summed E-state index contributed by atoms with van der Waals surface area (Å²) < 4.78 is 0. The first-order chi connectivity index (χ1) is 32.8. The van der Waals surface area contributed by atoms with Crippen molar-refractivity contribution >= 4 is 45.7 Å². The summed E-state index contributed by atoms with van der Waals surface area (Å²) in [6, 6.07) is 36.9. The number of carbonyl (C=O) groups excluding carboxylic acids is 2. The zero-order valence-corrected chi connectivity index (χ0v) is 40.6. The van der Waals surface area contributed by atoms with E-state index in [2.05, 4.69) is 76.2 Å². The maximum absolute atomic E-state index is 13.3. The smallest absolute Gasteiger partial charge is 0.181 e. The topological polar surface area (TPSA) is 83.6 Å². The molecule has 7 rings (SSSR count). The second kappa shape index (κ2) is 24.9. The number of benzene rings is 4. The van der Waals surface area contributed by atoms with Gasteiger partial charge in [0.2, 0.25) is 0 Å². The van der Waals surface area contributed by atoms with Crippen LogP contribution in [0.5, 0.6) is 0 Å². The minimum atomic E-state index is 0.0521. The highest BCUT2D eigenvalue weighted by Gasteiger charge is 2.24. The minimum Gasteiger partial charge on any atom is -0.290 e. The Hall–Kier alpha value is -6.44. The second-order valence-corrected chi connectivity index (χ2v) is 18.6. The van der Waals surface area contributed by atoms with E-state index in [0.717, 1.165) is 115 Å². The zero-order chi connectivity index (χ0) is 46.8. The first-order valence-corrected chi connectivity index (χ1v) is 25.2. The molecule has 342 valence electrons. The molecule has 0 radical (unpaired) electrons. The van der Waals surface area contributed by atoms with Crippen LogP contribution in [0.25, 0.3) is 33.6 Å². The average molecular weight is 905 g/mol. The van der Waals surface area contributed by atoms with Crippen LogP contribution in [0.1, 0.15) is 125 Å². The number of rotatable bonds is 22. The van der Waals surface area contributed by atoms with Gasteiger partial charge in [-0.05, 0) is 134 Å². The molecule has 2 aliphatic carbocycles. The molecule has 0 saturated carbocycles. The summed E-state index contributed by atoms with van der Waals surface area (Å²) in [5, 5.41) is 19.8. The quantitative estimate of drug-likeness (QED) is 0.0512. The molecule has 1 aromatic heterocycles. The van der Waals surface area contributed by atoms with Gasteiger partial charge in [0.15, 0.2) is 11.6 Å². The van der Waals surface area contributed by atoms with Crippen molar-refractivity contribution in [1.82, 2.24) is 0 Å². The van der Waals surface area contributed by atoms with Crippen molar-refractivity contribution in [2.45, 2.75) is 118 Å². The molecule has 5 aromatic rings. The summed E-state index contributed by atoms with van der Waals surface area (Å²) in [5.41, 5.74) is 12.7. The van der Waals surface area contributed by atoms with Crippen LogP contribution in [0.2, 0.25) is 0 Å². The Balaban J connectivity index is 1.30. The molecule has 0 bridgehead atoms. The van der Waals surface area contributed by atoms with Crippen molar-refractivity contribution in [2.24, 2.45) is 20.5 Å². The SMILES string of the molecule is CCCCCCCCC1=CC(=C(N=Nc2ccc(-c3ccccc3)cc2)c2sc(C(N=Nc3ccc(-c4ccccc4)cc3)=C3C=CC(=O)C(CCCCCCCC)=C3)c(C)c2C)C=CC1=O. The molecule has 0 fully saturated rings. The van der Waals surface area contributed by atoms with E-state index in [1.54, 1.807) is 23.5 Å². The molecule has 0 atom stereocenters. The van der Waals surface area contributed by atoms with Crippen molar-refractivity contribution in [3.63, 3.8) is 0 Å². The number of azo groups is 2. The molecule has 0 unspecified atom stereocenters. The fourth-order valence-corrected chi connectivity index (χ4v) is 9.80. The monoisotopic (exact) mass is 904 g/mol. The highest BCUT2D eigenvalue weighted by atomic mass is 32.1. The fourth-order valence-electron chi connectivity index (χ4n) is 8.47. The standard InChI is InChI=1S/C60H64N4O2S/c1-5-7-9-11-13-17-27-49-41-51(33-39-55(49)65)57(63-61-53-35-29-47(30-36-53)45-23-19-15-20-24-45)59-43(3)44(4)60(67-59)58(52-34-40-56(66)50(42-52)28-18-14-12-10-8-6-2)64-62-54-37-31-48(32-38-54)46-25-21-16-22-26-46/h15-16,19-26,29-42H,5-14,17-18,27-28H2,1-4H3. The summed E-state index contributed by atoms with van der Waals surface area (Å²) >= 11 is 1.60. The number of unbranched alkanes of at least 4 members (excludes halogenated alkanes) is 10. The predicted molar refractivity (Wildman–Crippen MR) is 281 cm³/mol. The maximum atomic E-state index is 13.3. The Bertz CT molecular complexity index is 2540. The van der Waals surface area contributed by atoms with Crippen LogP contribution >= 0.6 is 11.3 Å². The van der Waals surface area contributed by atoms with Gasteiger partial charge in [0.05, 0.1) is 21.1 Å². The summed E-state index contributed by atoms with van der Waals surface area (Å²) in [6.07, 6.45) is 26.5. The van der Waals surface area contributed by atoms with Crippen molar-refractivity contribution < 1.29 is 9.59 Å². The first-order valence-electron chi connectivity index (χ1n) is 24.4. The number of ketones is 2. The van der Waals surface area contributed by atoms with Crippen LogP contribution in [0.3, 0.4) is 0 Å². The highest BCUT2D eigenvalue weighted by molar-refractivity contribution is 7.14. The van der Waals surface area contributed by atoms with Gasteiger partial charge in [0.1, 0.15) is 11.4 Å². The van der Waals surface area contributed by atoms with E-state index in [1.165, 1.54) is 51.4 Å². The van der Waals surface area contributed by atoms with E-state index < -0.39 is 0 Å². The Morgan fingerprint density at radius 1 is 0.433 bits per heavy atom. The molecule has 0 saturated heterocycles. The van der Waals surface area contributed by atoms with Crippen molar-refractivity contribution in [1.29, 1.82) is 0 Å². The van der Waals surface area contributed by atoms with Gasteiger partial charge >= 0.3 is 0 Å². The lowest BCUT2D eigenvalue weighted by molar-refractivity contribution is -0.112.